The molecule has 31 heavy (non-hydrogen) atoms. The van der Waals surface area contributed by atoms with Crippen molar-refractivity contribution < 1.29 is 9.21 Å². The van der Waals surface area contributed by atoms with Crippen molar-refractivity contribution in [3.05, 3.63) is 87.4 Å². The van der Waals surface area contributed by atoms with Gasteiger partial charge in [-0.1, -0.05) is 29.8 Å². The molecule has 3 aromatic rings. The summed E-state index contributed by atoms with van der Waals surface area (Å²) in [6.45, 7) is 13.8. The van der Waals surface area contributed by atoms with Gasteiger partial charge in [-0.05, 0) is 80.6 Å². The summed E-state index contributed by atoms with van der Waals surface area (Å²) in [6, 6.07) is 14.7. The van der Waals surface area contributed by atoms with Crippen LogP contribution in [0.5, 0.6) is 0 Å². The van der Waals surface area contributed by atoms with Crippen molar-refractivity contribution in [3.8, 4) is 0 Å². The standard InChI is InChI=1S/C27H32N2O2/c1-18-6-7-20(3)25(16-18)28-10-12-29(13-11-28)27(30)26-9-8-23(31-26)17-24-21(4)14-19(2)15-22(24)5/h6-9,14-16H,10-13,17H2,1-5H3. The lowest BCUT2D eigenvalue weighted by molar-refractivity contribution is 0.0713. The smallest absolute Gasteiger partial charge is 0.289 e. The molecule has 1 amide bonds. The highest BCUT2D eigenvalue weighted by Gasteiger charge is 2.25. The first kappa shape index (κ1) is 21.2. The van der Waals surface area contributed by atoms with Gasteiger partial charge >= 0.3 is 0 Å². The average molecular weight is 417 g/mol. The summed E-state index contributed by atoms with van der Waals surface area (Å²) in [5.41, 5.74) is 8.91. The lowest BCUT2D eigenvalue weighted by atomic mass is 9.97. The van der Waals surface area contributed by atoms with Crippen LogP contribution in [-0.2, 0) is 6.42 Å². The van der Waals surface area contributed by atoms with Gasteiger partial charge in [0.25, 0.3) is 5.91 Å². The molecule has 0 bridgehead atoms. The van der Waals surface area contributed by atoms with E-state index in [0.29, 0.717) is 25.3 Å². The van der Waals surface area contributed by atoms with Crippen LogP contribution in [0.1, 0.15) is 49.7 Å². The summed E-state index contributed by atoms with van der Waals surface area (Å²) >= 11 is 0. The van der Waals surface area contributed by atoms with Crippen LogP contribution in [0.25, 0.3) is 0 Å². The fourth-order valence-electron chi connectivity index (χ4n) is 4.62. The first-order chi connectivity index (χ1) is 14.8. The van der Waals surface area contributed by atoms with Crippen molar-refractivity contribution in [3.63, 3.8) is 0 Å². The van der Waals surface area contributed by atoms with Gasteiger partial charge in [0.15, 0.2) is 5.76 Å². The molecule has 1 aromatic heterocycles. The van der Waals surface area contributed by atoms with Crippen molar-refractivity contribution in [2.24, 2.45) is 0 Å². The average Bonchev–Trinajstić information content (AvgIpc) is 3.21. The Morgan fingerprint density at radius 3 is 2.16 bits per heavy atom. The third-order valence-corrected chi connectivity index (χ3v) is 6.34. The molecule has 4 rings (SSSR count). The number of piperazine rings is 1. The summed E-state index contributed by atoms with van der Waals surface area (Å²) in [7, 11) is 0. The highest BCUT2D eigenvalue weighted by molar-refractivity contribution is 5.91. The van der Waals surface area contributed by atoms with Crippen LogP contribution in [0.4, 0.5) is 5.69 Å². The largest absolute Gasteiger partial charge is 0.456 e. The topological polar surface area (TPSA) is 36.7 Å². The molecule has 4 nitrogen and oxygen atoms in total. The van der Waals surface area contributed by atoms with E-state index in [0.717, 1.165) is 18.8 Å². The van der Waals surface area contributed by atoms with Crippen LogP contribution in [0.3, 0.4) is 0 Å². The molecule has 0 unspecified atom stereocenters. The number of amides is 1. The summed E-state index contributed by atoms with van der Waals surface area (Å²) in [5.74, 6) is 1.27. The molecule has 1 aliphatic heterocycles. The molecule has 4 heteroatoms. The normalized spacial score (nSPS) is 14.2. The lowest BCUT2D eigenvalue weighted by Crippen LogP contribution is -2.49. The molecule has 0 radical (unpaired) electrons. The van der Waals surface area contributed by atoms with Crippen LogP contribution in [0.15, 0.2) is 46.9 Å². The molecular formula is C27H32N2O2. The SMILES string of the molecule is Cc1cc(C)c(Cc2ccc(C(=O)N3CCN(c4cc(C)ccc4C)CC3)o2)c(C)c1. The van der Waals surface area contributed by atoms with Gasteiger partial charge in [-0.2, -0.15) is 0 Å². The number of hydrogen-bond donors (Lipinski definition) is 0. The van der Waals surface area contributed by atoms with Crippen LogP contribution >= 0.6 is 0 Å². The van der Waals surface area contributed by atoms with Gasteiger partial charge in [0.1, 0.15) is 5.76 Å². The number of carbonyl (C=O) groups is 1. The fourth-order valence-corrected chi connectivity index (χ4v) is 4.62. The number of aryl methyl sites for hydroxylation is 5. The van der Waals surface area contributed by atoms with Crippen molar-refractivity contribution in [2.45, 2.75) is 41.0 Å². The quantitative estimate of drug-likeness (QED) is 0.573. The molecule has 1 saturated heterocycles. The van der Waals surface area contributed by atoms with Crippen LogP contribution in [0.2, 0.25) is 0 Å². The van der Waals surface area contributed by atoms with Crippen molar-refractivity contribution in [1.29, 1.82) is 0 Å². The van der Waals surface area contributed by atoms with E-state index in [1.54, 1.807) is 0 Å². The molecule has 0 saturated carbocycles. The van der Waals surface area contributed by atoms with Gasteiger partial charge in [-0.3, -0.25) is 4.79 Å². The van der Waals surface area contributed by atoms with Gasteiger partial charge in [-0.25, -0.2) is 0 Å². The van der Waals surface area contributed by atoms with Gasteiger partial charge in [0.05, 0.1) is 0 Å². The van der Waals surface area contributed by atoms with Crippen molar-refractivity contribution in [2.75, 3.05) is 31.1 Å². The summed E-state index contributed by atoms with van der Waals surface area (Å²) in [6.07, 6.45) is 0.714. The predicted octanol–water partition coefficient (Wildman–Crippen LogP) is 5.37. The number of hydrogen-bond acceptors (Lipinski definition) is 3. The third-order valence-electron chi connectivity index (χ3n) is 6.34. The predicted molar refractivity (Wildman–Crippen MR) is 126 cm³/mol. The number of anilines is 1. The zero-order chi connectivity index (χ0) is 22.1. The van der Waals surface area contributed by atoms with E-state index in [9.17, 15) is 4.79 Å². The highest BCUT2D eigenvalue weighted by atomic mass is 16.4. The maximum absolute atomic E-state index is 13.0. The summed E-state index contributed by atoms with van der Waals surface area (Å²) in [4.78, 5) is 17.3. The van der Waals surface area contributed by atoms with Gasteiger partial charge in [0, 0.05) is 38.3 Å². The molecule has 0 aliphatic carbocycles. The Labute approximate surface area is 185 Å². The maximum Gasteiger partial charge on any atom is 0.289 e. The molecule has 0 spiro atoms. The van der Waals surface area contributed by atoms with Gasteiger partial charge < -0.3 is 14.2 Å². The zero-order valence-electron chi connectivity index (χ0n) is 19.3. The van der Waals surface area contributed by atoms with Gasteiger partial charge in [-0.15, -0.1) is 0 Å². The van der Waals surface area contributed by atoms with E-state index in [2.05, 4.69) is 69.9 Å². The minimum atomic E-state index is -0.00999. The van der Waals surface area contributed by atoms with E-state index in [1.165, 1.54) is 39.1 Å². The molecule has 2 heterocycles. The summed E-state index contributed by atoms with van der Waals surface area (Å²) in [5, 5.41) is 0. The molecule has 2 aromatic carbocycles. The van der Waals surface area contributed by atoms with Crippen LogP contribution in [-0.4, -0.2) is 37.0 Å². The second-order valence-corrected chi connectivity index (χ2v) is 8.89. The number of benzene rings is 2. The Morgan fingerprint density at radius 1 is 0.806 bits per heavy atom. The number of rotatable bonds is 4. The highest BCUT2D eigenvalue weighted by Crippen LogP contribution is 2.25. The molecule has 0 atom stereocenters. The fraction of sp³-hybridized carbons (Fsp3) is 0.370. The van der Waals surface area contributed by atoms with Gasteiger partial charge in [0.2, 0.25) is 0 Å². The van der Waals surface area contributed by atoms with Crippen LogP contribution in [0, 0.1) is 34.6 Å². The van der Waals surface area contributed by atoms with E-state index >= 15 is 0 Å². The van der Waals surface area contributed by atoms with E-state index in [-0.39, 0.29) is 5.91 Å². The van der Waals surface area contributed by atoms with E-state index in [4.69, 9.17) is 4.42 Å². The first-order valence-corrected chi connectivity index (χ1v) is 11.1. The minimum Gasteiger partial charge on any atom is -0.456 e. The monoisotopic (exact) mass is 416 g/mol. The van der Waals surface area contributed by atoms with E-state index in [1.807, 2.05) is 17.0 Å². The Bertz CT molecular complexity index is 1080. The second-order valence-electron chi connectivity index (χ2n) is 8.89. The molecule has 1 aliphatic rings. The summed E-state index contributed by atoms with van der Waals surface area (Å²) < 4.78 is 5.98. The molecular weight excluding hydrogens is 384 g/mol. The number of nitrogens with zero attached hydrogens (tertiary/aromatic N) is 2. The molecule has 0 N–H and O–H groups in total. The Morgan fingerprint density at radius 2 is 1.48 bits per heavy atom. The Hall–Kier alpha value is -3.01. The van der Waals surface area contributed by atoms with Crippen molar-refractivity contribution in [1.82, 2.24) is 4.90 Å². The Kier molecular flexibility index (Phi) is 5.90. The lowest BCUT2D eigenvalue weighted by Gasteiger charge is -2.36. The molecule has 162 valence electrons. The second kappa shape index (κ2) is 8.62. The van der Waals surface area contributed by atoms with E-state index < -0.39 is 0 Å². The minimum absolute atomic E-state index is 0.00999. The van der Waals surface area contributed by atoms with Crippen molar-refractivity contribution >= 4 is 11.6 Å². The third kappa shape index (κ3) is 4.53. The maximum atomic E-state index is 13.0. The zero-order valence-corrected chi connectivity index (χ0v) is 19.3. The first-order valence-electron chi connectivity index (χ1n) is 11.1. The molecule has 1 fully saturated rings. The number of furan rings is 1. The van der Waals surface area contributed by atoms with Crippen LogP contribution < -0.4 is 4.90 Å². The number of carbonyl (C=O) groups excluding carboxylic acids is 1. The Balaban J connectivity index is 1.41.